The van der Waals surface area contributed by atoms with E-state index in [-0.39, 0.29) is 11.7 Å². The number of thioether (sulfide) groups is 1. The number of amides is 1. The second-order valence-electron chi connectivity index (χ2n) is 7.42. The van der Waals surface area contributed by atoms with Crippen molar-refractivity contribution in [2.75, 3.05) is 18.2 Å². The Morgan fingerprint density at radius 1 is 1.00 bits per heavy atom. The van der Waals surface area contributed by atoms with Crippen LogP contribution >= 0.6 is 35.0 Å². The zero-order valence-corrected chi connectivity index (χ0v) is 21.3. The Morgan fingerprint density at radius 3 is 2.51 bits per heavy atom. The number of carbonyl (C=O) groups excluding carboxylic acids is 1. The molecule has 0 radical (unpaired) electrons. The molecule has 1 atom stereocenters. The maximum atomic E-state index is 12.6. The van der Waals surface area contributed by atoms with Crippen molar-refractivity contribution < 1.29 is 14.3 Å². The number of carbonyl (C=O) groups is 1. The number of para-hydroxylation sites is 1. The van der Waals surface area contributed by atoms with Gasteiger partial charge in [0.2, 0.25) is 5.91 Å². The highest BCUT2D eigenvalue weighted by molar-refractivity contribution is 7.99. The van der Waals surface area contributed by atoms with E-state index in [1.807, 2.05) is 66.1 Å². The van der Waals surface area contributed by atoms with Gasteiger partial charge in [-0.2, -0.15) is 0 Å². The molecule has 1 unspecified atom stereocenters. The van der Waals surface area contributed by atoms with E-state index in [9.17, 15) is 4.79 Å². The van der Waals surface area contributed by atoms with E-state index in [4.69, 9.17) is 32.7 Å². The molecular weight excluding hydrogens is 507 g/mol. The minimum Gasteiger partial charge on any atom is -0.497 e. The minimum absolute atomic E-state index is 0.121. The van der Waals surface area contributed by atoms with Crippen LogP contribution in [0.3, 0.4) is 0 Å². The average Bonchev–Trinajstić information content (AvgIpc) is 3.30. The fourth-order valence-corrected chi connectivity index (χ4v) is 4.35. The number of nitrogens with zero attached hydrogens (tertiary/aromatic N) is 3. The molecule has 7 nitrogen and oxygen atoms in total. The van der Waals surface area contributed by atoms with Gasteiger partial charge in [0, 0.05) is 17.4 Å². The third-order valence-electron chi connectivity index (χ3n) is 4.93. The first-order valence-electron chi connectivity index (χ1n) is 10.6. The van der Waals surface area contributed by atoms with Gasteiger partial charge in [-0.25, -0.2) is 0 Å². The number of ether oxygens (including phenoxy) is 2. The highest BCUT2D eigenvalue weighted by atomic mass is 35.5. The van der Waals surface area contributed by atoms with Gasteiger partial charge in [-0.15, -0.1) is 10.2 Å². The molecule has 4 aromatic rings. The molecule has 35 heavy (non-hydrogen) atoms. The van der Waals surface area contributed by atoms with E-state index in [2.05, 4.69) is 15.5 Å². The van der Waals surface area contributed by atoms with E-state index in [1.165, 1.54) is 11.8 Å². The van der Waals surface area contributed by atoms with Crippen molar-refractivity contribution in [1.29, 1.82) is 0 Å². The predicted molar refractivity (Wildman–Crippen MR) is 139 cm³/mol. The van der Waals surface area contributed by atoms with Crippen LogP contribution < -0.4 is 14.8 Å². The molecule has 0 saturated heterocycles. The van der Waals surface area contributed by atoms with Crippen LogP contribution in [0.2, 0.25) is 10.0 Å². The molecule has 0 bridgehead atoms. The van der Waals surface area contributed by atoms with E-state index >= 15 is 0 Å². The number of hydrogen-bond donors (Lipinski definition) is 1. The monoisotopic (exact) mass is 528 g/mol. The summed E-state index contributed by atoms with van der Waals surface area (Å²) in [6.07, 6.45) is -0.422. The summed E-state index contributed by atoms with van der Waals surface area (Å²) in [7, 11) is 1.61. The van der Waals surface area contributed by atoms with Crippen molar-refractivity contribution in [3.8, 4) is 17.2 Å². The second-order valence-corrected chi connectivity index (χ2v) is 9.17. The smallest absolute Gasteiger partial charge is 0.234 e. The molecule has 0 saturated carbocycles. The molecule has 3 aromatic carbocycles. The number of benzene rings is 3. The van der Waals surface area contributed by atoms with Crippen molar-refractivity contribution >= 4 is 46.6 Å². The Bertz CT molecular complexity index is 1320. The summed E-state index contributed by atoms with van der Waals surface area (Å²) in [6.45, 7) is 1.90. The lowest BCUT2D eigenvalue weighted by atomic mass is 10.3. The summed E-state index contributed by atoms with van der Waals surface area (Å²) in [5, 5.41) is 12.9. The molecule has 180 valence electrons. The third kappa shape index (κ3) is 6.28. The van der Waals surface area contributed by atoms with E-state index < -0.39 is 6.10 Å². The molecule has 1 amide bonds. The van der Waals surface area contributed by atoms with Gasteiger partial charge in [0.05, 0.1) is 22.9 Å². The van der Waals surface area contributed by atoms with Crippen molar-refractivity contribution in [2.45, 2.75) is 18.2 Å². The highest BCUT2D eigenvalue weighted by Gasteiger charge is 2.22. The molecular formula is C25H22Cl2N4O3S. The number of aromatic nitrogens is 3. The van der Waals surface area contributed by atoms with Crippen LogP contribution in [0.4, 0.5) is 5.69 Å². The maximum Gasteiger partial charge on any atom is 0.234 e. The number of anilines is 1. The Kier molecular flexibility index (Phi) is 8.17. The number of halogens is 2. The first-order chi connectivity index (χ1) is 16.9. The molecule has 1 heterocycles. The van der Waals surface area contributed by atoms with E-state index in [1.54, 1.807) is 25.3 Å². The van der Waals surface area contributed by atoms with E-state index in [0.29, 0.717) is 38.2 Å². The Balaban J connectivity index is 1.53. The van der Waals surface area contributed by atoms with Gasteiger partial charge in [0.25, 0.3) is 0 Å². The van der Waals surface area contributed by atoms with Gasteiger partial charge < -0.3 is 14.8 Å². The van der Waals surface area contributed by atoms with Crippen LogP contribution in [-0.4, -0.2) is 33.5 Å². The molecule has 0 aliphatic heterocycles. The Hall–Kier alpha value is -3.20. The lowest BCUT2D eigenvalue weighted by Crippen LogP contribution is -2.15. The Labute approximate surface area is 217 Å². The first kappa shape index (κ1) is 24.9. The zero-order valence-electron chi connectivity index (χ0n) is 18.9. The van der Waals surface area contributed by atoms with Crippen LogP contribution in [0.5, 0.6) is 11.5 Å². The van der Waals surface area contributed by atoms with Crippen LogP contribution in [0.1, 0.15) is 18.9 Å². The molecule has 0 aliphatic carbocycles. The van der Waals surface area contributed by atoms with Crippen LogP contribution in [0, 0.1) is 0 Å². The van der Waals surface area contributed by atoms with E-state index in [0.717, 1.165) is 5.69 Å². The number of hydrogen-bond acceptors (Lipinski definition) is 6. The van der Waals surface area contributed by atoms with Gasteiger partial charge in [-0.1, -0.05) is 59.2 Å². The van der Waals surface area contributed by atoms with Crippen LogP contribution in [0.25, 0.3) is 5.69 Å². The number of rotatable bonds is 9. The summed E-state index contributed by atoms with van der Waals surface area (Å²) < 4.78 is 13.3. The van der Waals surface area contributed by atoms with Crippen molar-refractivity contribution in [1.82, 2.24) is 14.8 Å². The Morgan fingerprint density at radius 2 is 1.77 bits per heavy atom. The van der Waals surface area contributed by atoms with Gasteiger partial charge in [0.1, 0.15) is 11.5 Å². The van der Waals surface area contributed by atoms with Crippen LogP contribution in [0.15, 0.2) is 78.0 Å². The zero-order chi connectivity index (χ0) is 24.8. The molecule has 0 fully saturated rings. The summed E-state index contributed by atoms with van der Waals surface area (Å²) >= 11 is 13.3. The van der Waals surface area contributed by atoms with Gasteiger partial charge in [-0.05, 0) is 49.4 Å². The first-order valence-corrected chi connectivity index (χ1v) is 12.4. The molecule has 4 rings (SSSR count). The van der Waals surface area contributed by atoms with Gasteiger partial charge in [-0.3, -0.25) is 9.36 Å². The SMILES string of the molecule is COc1cccc(OC(C)c2nnc(SCC(=O)Nc3ccc(Cl)c(Cl)c3)n2-c2ccccc2)c1. The lowest BCUT2D eigenvalue weighted by molar-refractivity contribution is -0.113. The normalized spacial score (nSPS) is 11.7. The van der Waals surface area contributed by atoms with Crippen LogP contribution in [-0.2, 0) is 4.79 Å². The maximum absolute atomic E-state index is 12.6. The molecule has 10 heteroatoms. The predicted octanol–water partition coefficient (Wildman–Crippen LogP) is 6.45. The van der Waals surface area contributed by atoms with Crippen molar-refractivity contribution in [3.05, 3.63) is 88.7 Å². The average molecular weight is 529 g/mol. The summed E-state index contributed by atoms with van der Waals surface area (Å²) in [5.41, 5.74) is 1.43. The number of methoxy groups -OCH3 is 1. The second kappa shape index (κ2) is 11.5. The molecule has 0 aliphatic rings. The minimum atomic E-state index is -0.422. The lowest BCUT2D eigenvalue weighted by Gasteiger charge is -2.17. The standard InChI is InChI=1S/C25H22Cl2N4O3S/c1-16(34-20-10-6-9-19(14-20)33-2)24-29-30-25(31(24)18-7-4-3-5-8-18)35-15-23(32)28-17-11-12-21(26)22(27)13-17/h3-14,16H,15H2,1-2H3,(H,28,32). The highest BCUT2D eigenvalue weighted by Crippen LogP contribution is 2.30. The summed E-state index contributed by atoms with van der Waals surface area (Å²) in [6, 6.07) is 22.0. The molecule has 1 aromatic heterocycles. The molecule has 1 N–H and O–H groups in total. The van der Waals surface area contributed by atoms with Crippen molar-refractivity contribution in [2.24, 2.45) is 0 Å². The fourth-order valence-electron chi connectivity index (χ4n) is 3.29. The largest absolute Gasteiger partial charge is 0.497 e. The van der Waals surface area contributed by atoms with Gasteiger partial charge >= 0.3 is 0 Å². The summed E-state index contributed by atoms with van der Waals surface area (Å²) in [4.78, 5) is 12.6. The summed E-state index contributed by atoms with van der Waals surface area (Å²) in [5.74, 6) is 1.86. The quantitative estimate of drug-likeness (QED) is 0.251. The van der Waals surface area contributed by atoms with Gasteiger partial charge in [0.15, 0.2) is 17.1 Å². The number of nitrogens with one attached hydrogen (secondary N) is 1. The third-order valence-corrected chi connectivity index (χ3v) is 6.59. The topological polar surface area (TPSA) is 78.3 Å². The fraction of sp³-hybridized carbons (Fsp3) is 0.160. The van der Waals surface area contributed by atoms with Crippen molar-refractivity contribution in [3.63, 3.8) is 0 Å². The molecule has 0 spiro atoms.